The van der Waals surface area contributed by atoms with Gasteiger partial charge < -0.3 is 0 Å². The Morgan fingerprint density at radius 2 is 2.44 bits per heavy atom. The number of azo groups is 1. The van der Waals surface area contributed by atoms with Crippen molar-refractivity contribution in [2.45, 2.75) is 12.5 Å². The summed E-state index contributed by atoms with van der Waals surface area (Å²) in [6.07, 6.45) is 0.0262. The van der Waals surface area contributed by atoms with Gasteiger partial charge in [-0.3, -0.25) is 14.9 Å². The van der Waals surface area contributed by atoms with Crippen LogP contribution in [-0.2, 0) is 4.79 Å². The molecular formula is C9H7N3O2S2. The van der Waals surface area contributed by atoms with E-state index in [-0.39, 0.29) is 23.2 Å². The third kappa shape index (κ3) is 2.37. The number of thiocarbonyl (C=S) groups is 1. The molecule has 1 amide bonds. The molecule has 1 aromatic rings. The van der Waals surface area contributed by atoms with Crippen molar-refractivity contribution in [1.82, 2.24) is 5.32 Å². The molecular weight excluding hydrogens is 246 g/mol. The summed E-state index contributed by atoms with van der Waals surface area (Å²) in [5.41, 5.74) is 0. The molecule has 0 saturated heterocycles. The van der Waals surface area contributed by atoms with Gasteiger partial charge >= 0.3 is 0 Å². The van der Waals surface area contributed by atoms with Crippen molar-refractivity contribution in [3.8, 4) is 0 Å². The molecule has 0 aromatic carbocycles. The molecule has 1 aliphatic heterocycles. The number of hydrogen-bond donors (Lipinski definition) is 1. The first-order valence-electron chi connectivity index (χ1n) is 4.49. The monoisotopic (exact) mass is 253 g/mol. The van der Waals surface area contributed by atoms with Crippen molar-refractivity contribution >= 4 is 40.4 Å². The van der Waals surface area contributed by atoms with Gasteiger partial charge in [0.05, 0.1) is 4.88 Å². The van der Waals surface area contributed by atoms with E-state index in [0.717, 1.165) is 0 Å². The summed E-state index contributed by atoms with van der Waals surface area (Å²) < 4.78 is 0. The molecule has 0 fully saturated rings. The van der Waals surface area contributed by atoms with Crippen molar-refractivity contribution in [2.24, 2.45) is 10.2 Å². The zero-order chi connectivity index (χ0) is 11.5. The van der Waals surface area contributed by atoms with Crippen molar-refractivity contribution in [1.29, 1.82) is 0 Å². The lowest BCUT2D eigenvalue weighted by Crippen LogP contribution is -2.40. The third-order valence-corrected chi connectivity index (χ3v) is 3.09. The van der Waals surface area contributed by atoms with Crippen LogP contribution in [0.2, 0.25) is 0 Å². The van der Waals surface area contributed by atoms with Gasteiger partial charge in [-0.2, -0.15) is 5.11 Å². The predicted octanol–water partition coefficient (Wildman–Crippen LogP) is 1.56. The highest BCUT2D eigenvalue weighted by Gasteiger charge is 2.26. The summed E-state index contributed by atoms with van der Waals surface area (Å²) in [6.45, 7) is 0. The van der Waals surface area contributed by atoms with Gasteiger partial charge in [0.1, 0.15) is 0 Å². The normalized spacial score (nSPS) is 19.6. The van der Waals surface area contributed by atoms with E-state index in [9.17, 15) is 9.59 Å². The molecule has 82 valence electrons. The smallest absolute Gasteiger partial charge is 0.253 e. The number of carbonyl (C=O) groups excluding carboxylic acids is 2. The Morgan fingerprint density at radius 3 is 3.06 bits per heavy atom. The lowest BCUT2D eigenvalue weighted by atomic mass is 10.1. The quantitative estimate of drug-likeness (QED) is 0.656. The van der Waals surface area contributed by atoms with Crippen molar-refractivity contribution in [2.75, 3.05) is 0 Å². The molecule has 0 spiro atoms. The summed E-state index contributed by atoms with van der Waals surface area (Å²) in [5.74, 6) is -0.480. The van der Waals surface area contributed by atoms with Gasteiger partial charge in [0, 0.05) is 6.42 Å². The minimum absolute atomic E-state index is 0.0262. The molecule has 0 aliphatic carbocycles. The molecule has 2 heterocycles. The molecule has 1 unspecified atom stereocenters. The third-order valence-electron chi connectivity index (χ3n) is 2.00. The first kappa shape index (κ1) is 11.0. The molecule has 7 heteroatoms. The van der Waals surface area contributed by atoms with E-state index >= 15 is 0 Å². The van der Waals surface area contributed by atoms with Gasteiger partial charge in [-0.25, -0.2) is 0 Å². The Hall–Kier alpha value is -1.47. The van der Waals surface area contributed by atoms with Gasteiger partial charge in [-0.05, 0) is 23.7 Å². The highest BCUT2D eigenvalue weighted by molar-refractivity contribution is 7.80. The fourth-order valence-electron chi connectivity index (χ4n) is 1.24. The van der Waals surface area contributed by atoms with Crippen LogP contribution in [0.3, 0.4) is 0 Å². The zero-order valence-corrected chi connectivity index (χ0v) is 9.68. The predicted molar refractivity (Wildman–Crippen MR) is 62.7 cm³/mol. The van der Waals surface area contributed by atoms with Gasteiger partial charge in [-0.15, -0.1) is 16.5 Å². The summed E-state index contributed by atoms with van der Waals surface area (Å²) >= 11 is 6.00. The number of ketones is 1. The van der Waals surface area contributed by atoms with Gasteiger partial charge in [0.15, 0.2) is 11.8 Å². The number of nitrogens with zero attached hydrogens (tertiary/aromatic N) is 2. The van der Waals surface area contributed by atoms with Crippen LogP contribution in [0.4, 0.5) is 0 Å². The Morgan fingerprint density at radius 1 is 1.62 bits per heavy atom. The van der Waals surface area contributed by atoms with Crippen molar-refractivity contribution in [3.05, 3.63) is 22.4 Å². The summed E-state index contributed by atoms with van der Waals surface area (Å²) in [7, 11) is 0. The number of thiophene rings is 1. The van der Waals surface area contributed by atoms with E-state index < -0.39 is 6.04 Å². The first-order valence-corrected chi connectivity index (χ1v) is 5.78. The van der Waals surface area contributed by atoms with Crippen LogP contribution < -0.4 is 5.32 Å². The minimum Gasteiger partial charge on any atom is -0.298 e. The molecule has 1 N–H and O–H groups in total. The average Bonchev–Trinajstić information content (AvgIpc) is 2.75. The van der Waals surface area contributed by atoms with E-state index in [4.69, 9.17) is 0 Å². The number of nitrogens with one attached hydrogen (secondary N) is 1. The van der Waals surface area contributed by atoms with Crippen LogP contribution in [0.1, 0.15) is 16.1 Å². The maximum absolute atomic E-state index is 11.7. The van der Waals surface area contributed by atoms with Gasteiger partial charge in [-0.1, -0.05) is 6.07 Å². The summed E-state index contributed by atoms with van der Waals surface area (Å²) in [4.78, 5) is 23.7. The number of hydrogen-bond acceptors (Lipinski definition) is 5. The van der Waals surface area contributed by atoms with E-state index in [1.54, 1.807) is 12.1 Å². The molecule has 2 rings (SSSR count). The van der Waals surface area contributed by atoms with Crippen LogP contribution in [0, 0.1) is 0 Å². The maximum Gasteiger partial charge on any atom is 0.253 e. The maximum atomic E-state index is 11.7. The van der Waals surface area contributed by atoms with Crippen LogP contribution in [0.15, 0.2) is 27.7 Å². The molecule has 0 saturated carbocycles. The number of amides is 1. The van der Waals surface area contributed by atoms with Crippen LogP contribution in [-0.4, -0.2) is 22.8 Å². The zero-order valence-electron chi connectivity index (χ0n) is 8.04. The number of carbonyl (C=O) groups is 2. The van der Waals surface area contributed by atoms with E-state index in [1.807, 2.05) is 5.38 Å². The summed E-state index contributed by atoms with van der Waals surface area (Å²) in [5, 5.41) is 11.5. The van der Waals surface area contributed by atoms with E-state index in [2.05, 4.69) is 27.8 Å². The molecule has 0 bridgehead atoms. The largest absolute Gasteiger partial charge is 0.298 e. The summed E-state index contributed by atoms with van der Waals surface area (Å²) in [6, 6.07) is 2.74. The molecule has 0 radical (unpaired) electrons. The molecule has 1 aliphatic rings. The average molecular weight is 253 g/mol. The fourth-order valence-corrected chi connectivity index (χ4v) is 2.06. The Balaban J connectivity index is 2.05. The number of rotatable bonds is 3. The van der Waals surface area contributed by atoms with Crippen LogP contribution in [0.25, 0.3) is 0 Å². The van der Waals surface area contributed by atoms with Crippen molar-refractivity contribution < 1.29 is 9.59 Å². The van der Waals surface area contributed by atoms with Gasteiger partial charge in [0.25, 0.3) is 5.91 Å². The first-order chi connectivity index (χ1) is 7.66. The second kappa shape index (κ2) is 4.58. The van der Waals surface area contributed by atoms with E-state index in [0.29, 0.717) is 4.88 Å². The standard InChI is InChI=1S/C9H7N3O2S2/c13-6(7-2-1-3-16-7)4-5-8(14)10-9(15)12-11-5/h1-3,5H,4H2,(H,10,14,15). The second-order valence-corrected chi connectivity index (χ2v) is 4.46. The fraction of sp³-hybridized carbons (Fsp3) is 0.222. The lowest BCUT2D eigenvalue weighted by Gasteiger charge is -2.13. The highest BCUT2D eigenvalue weighted by Crippen LogP contribution is 2.15. The topological polar surface area (TPSA) is 70.9 Å². The molecule has 5 nitrogen and oxygen atoms in total. The lowest BCUT2D eigenvalue weighted by molar-refractivity contribution is -0.121. The van der Waals surface area contributed by atoms with E-state index in [1.165, 1.54) is 11.3 Å². The molecule has 16 heavy (non-hydrogen) atoms. The minimum atomic E-state index is -0.763. The van der Waals surface area contributed by atoms with Crippen molar-refractivity contribution in [3.63, 3.8) is 0 Å². The second-order valence-electron chi connectivity index (χ2n) is 3.13. The Labute approximate surface area is 101 Å². The Kier molecular flexibility index (Phi) is 3.16. The van der Waals surface area contributed by atoms with Gasteiger partial charge in [0.2, 0.25) is 5.11 Å². The van der Waals surface area contributed by atoms with Crippen LogP contribution >= 0.6 is 23.6 Å². The SMILES string of the molecule is O=C(CC1N=NC(=S)NC1=O)c1cccs1. The van der Waals surface area contributed by atoms with Crippen LogP contribution in [0.5, 0.6) is 0 Å². The molecule has 1 aromatic heterocycles. The Bertz CT molecular complexity index is 467. The highest BCUT2D eigenvalue weighted by atomic mass is 32.1. The number of Topliss-reactive ketones (excluding diaryl/α,β-unsaturated/α-hetero) is 1. The molecule has 1 atom stereocenters.